The van der Waals surface area contributed by atoms with E-state index in [0.29, 0.717) is 0 Å². The first kappa shape index (κ1) is 37.5. The Morgan fingerprint density at radius 3 is 0.571 bits per heavy atom. The minimum absolute atomic E-state index is 0. The van der Waals surface area contributed by atoms with E-state index in [4.69, 9.17) is 0 Å². The summed E-state index contributed by atoms with van der Waals surface area (Å²) in [6, 6.07) is 0. The van der Waals surface area contributed by atoms with Gasteiger partial charge in [-0.25, -0.2) is 0 Å². The number of hydrogen-bond acceptors (Lipinski definition) is 0. The van der Waals surface area contributed by atoms with Crippen molar-refractivity contribution in [2.24, 2.45) is 0 Å². The normalized spacial score (nSPS) is 12.0. The molecule has 0 heterocycles. The zero-order chi connectivity index (χ0) is 35.7. The molecule has 0 aliphatic rings. The smallest absolute Gasteiger partial charge is 0.0628 e. The summed E-state index contributed by atoms with van der Waals surface area (Å²) in [5, 5.41) is 15.1. The summed E-state index contributed by atoms with van der Waals surface area (Å²) in [4.78, 5) is 0. The van der Waals surface area contributed by atoms with Crippen LogP contribution in [0, 0.1) is 125 Å². The van der Waals surface area contributed by atoms with E-state index in [2.05, 4.69) is 131 Å². The van der Waals surface area contributed by atoms with Crippen molar-refractivity contribution in [3.8, 4) is 0 Å². The van der Waals surface area contributed by atoms with Crippen LogP contribution >= 0.6 is 0 Å². The molecule has 2 radical (unpaired) electrons. The van der Waals surface area contributed by atoms with Crippen molar-refractivity contribution < 1.29 is 20.4 Å². The summed E-state index contributed by atoms with van der Waals surface area (Å²) in [6.45, 7) is 45.3. The average molecular weight is 836 g/mol. The molecule has 6 aromatic rings. The molecule has 0 bridgehead atoms. The molecule has 0 fully saturated rings. The fourth-order valence-corrected chi connectivity index (χ4v) is 13.6. The fourth-order valence-electron chi connectivity index (χ4n) is 10.4. The van der Waals surface area contributed by atoms with Crippen LogP contribution in [0.4, 0.5) is 0 Å². The van der Waals surface area contributed by atoms with Gasteiger partial charge >= 0.3 is 0 Å². The van der Waals surface area contributed by atoms with Crippen LogP contribution in [0.25, 0.3) is 43.1 Å². The summed E-state index contributed by atoms with van der Waals surface area (Å²) < 4.78 is 0. The van der Waals surface area contributed by atoms with Crippen molar-refractivity contribution >= 4 is 62.3 Å². The largest absolute Gasteiger partial charge is 0.119 e. The summed E-state index contributed by atoms with van der Waals surface area (Å²) in [5.41, 5.74) is 26.3. The summed E-state index contributed by atoms with van der Waals surface area (Å²) >= 11 is 0. The van der Waals surface area contributed by atoms with Crippen LogP contribution < -0.4 is 10.4 Å². The van der Waals surface area contributed by atoms with Crippen LogP contribution in [0.2, 0.25) is 6.55 Å². The molecule has 0 nitrogen and oxygen atoms in total. The third kappa shape index (κ3) is 4.76. The van der Waals surface area contributed by atoms with Crippen molar-refractivity contribution in [3.63, 3.8) is 0 Å². The monoisotopic (exact) mass is 836 g/mol. The maximum absolute atomic E-state index is 2.59. The zero-order valence-corrected chi connectivity index (χ0v) is 37.6. The third-order valence-electron chi connectivity index (χ3n) is 13.8. The Morgan fingerprint density at radius 2 is 0.367 bits per heavy atom. The van der Waals surface area contributed by atoms with Crippen molar-refractivity contribution in [2.75, 3.05) is 0 Å². The molecule has 0 atom stereocenters. The van der Waals surface area contributed by atoms with E-state index in [1.165, 1.54) is 143 Å². The predicted molar refractivity (Wildman–Crippen MR) is 219 cm³/mol. The van der Waals surface area contributed by atoms with Gasteiger partial charge in [0.25, 0.3) is 0 Å². The van der Waals surface area contributed by atoms with Gasteiger partial charge in [-0.3, -0.25) is 0 Å². The maximum atomic E-state index is 2.59. The molecule has 0 saturated carbocycles. The van der Waals surface area contributed by atoms with Crippen molar-refractivity contribution in [1.29, 1.82) is 0 Å². The minimum Gasteiger partial charge on any atom is -0.0628 e. The standard InChI is InChI=1S/C47H57Si.Re/c1-20-22(3)26(7)40-34(15)44-36(17)46(30(11)28(9)42(44)32(13)38(40)24(20)5)48(19)47-31(12)29(10)43-33(14)39-25(6)21(2)23(4)27(8)41(39)35(16)45(43)37(47)18;/h1-19H3;. The van der Waals surface area contributed by atoms with Crippen molar-refractivity contribution in [2.45, 2.75) is 131 Å². The Balaban J connectivity index is 0.00000468. The molecular formula is C47H57ReSi. The average Bonchev–Trinajstić information content (AvgIpc) is 3.03. The molecule has 0 N–H and O–H groups in total. The number of hydrogen-bond donors (Lipinski definition) is 0. The summed E-state index contributed by atoms with van der Waals surface area (Å²) in [6.07, 6.45) is 0. The van der Waals surface area contributed by atoms with E-state index >= 15 is 0 Å². The maximum Gasteiger partial charge on any atom is 0.119 e. The molecule has 6 aromatic carbocycles. The van der Waals surface area contributed by atoms with Gasteiger partial charge in [0.1, 0.15) is 8.80 Å². The van der Waals surface area contributed by atoms with Gasteiger partial charge < -0.3 is 0 Å². The van der Waals surface area contributed by atoms with Gasteiger partial charge in [0.2, 0.25) is 0 Å². The predicted octanol–water partition coefficient (Wildman–Crippen LogP) is 12.1. The van der Waals surface area contributed by atoms with E-state index in [0.717, 1.165) is 0 Å². The van der Waals surface area contributed by atoms with E-state index in [1.807, 2.05) is 0 Å². The molecule has 0 aliphatic heterocycles. The topological polar surface area (TPSA) is 0 Å². The van der Waals surface area contributed by atoms with Gasteiger partial charge in [-0.2, -0.15) is 0 Å². The molecule has 0 saturated heterocycles. The van der Waals surface area contributed by atoms with Gasteiger partial charge in [0.15, 0.2) is 0 Å². The number of aryl methyl sites for hydroxylation is 12. The van der Waals surface area contributed by atoms with Gasteiger partial charge in [-0.15, -0.1) is 0 Å². The molecule has 0 spiro atoms. The molecule has 256 valence electrons. The van der Waals surface area contributed by atoms with Crippen LogP contribution in [0.5, 0.6) is 0 Å². The number of benzene rings is 6. The first-order valence-corrected chi connectivity index (χ1v) is 20.0. The molecule has 49 heavy (non-hydrogen) atoms. The molecule has 6 rings (SSSR count). The van der Waals surface area contributed by atoms with Crippen LogP contribution in [-0.2, 0) is 20.4 Å². The Labute approximate surface area is 312 Å². The molecule has 0 unspecified atom stereocenters. The first-order chi connectivity index (χ1) is 22.3. The van der Waals surface area contributed by atoms with Crippen LogP contribution in [0.1, 0.15) is 100 Å². The van der Waals surface area contributed by atoms with Gasteiger partial charge in [0, 0.05) is 20.4 Å². The van der Waals surface area contributed by atoms with E-state index in [9.17, 15) is 0 Å². The van der Waals surface area contributed by atoms with Gasteiger partial charge in [-0.1, -0.05) is 6.55 Å². The summed E-state index contributed by atoms with van der Waals surface area (Å²) in [5.74, 6) is 0. The molecule has 0 amide bonds. The third-order valence-corrected chi connectivity index (χ3v) is 16.8. The van der Waals surface area contributed by atoms with Gasteiger partial charge in [-0.05, 0) is 278 Å². The van der Waals surface area contributed by atoms with Crippen LogP contribution in [0.3, 0.4) is 0 Å². The molecule has 2 heteroatoms. The van der Waals surface area contributed by atoms with E-state index in [1.54, 1.807) is 10.4 Å². The van der Waals surface area contributed by atoms with Crippen molar-refractivity contribution in [1.82, 2.24) is 0 Å². The Hall–Kier alpha value is -2.76. The second-order valence-electron chi connectivity index (χ2n) is 15.6. The minimum atomic E-state index is -1.12. The van der Waals surface area contributed by atoms with Crippen molar-refractivity contribution in [3.05, 3.63) is 100 Å². The SMILES string of the molecule is Cc1c(C)c(C)c2c(C)c3c(C)c([Si](C)c4c(C)c(C)c5c(C)c6c(C)c(C)c(C)c(C)c6c(C)c5c4C)c(C)c(C)c3c(C)c2c1C.[Re]. The first-order valence-electron chi connectivity index (χ1n) is 18.0. The van der Waals surface area contributed by atoms with Crippen LogP contribution in [-0.4, -0.2) is 8.80 Å². The number of rotatable bonds is 2. The Bertz CT molecular complexity index is 2300. The van der Waals surface area contributed by atoms with Crippen LogP contribution in [0.15, 0.2) is 0 Å². The molecule has 0 aliphatic carbocycles. The second kappa shape index (κ2) is 12.5. The zero-order valence-electron chi connectivity index (χ0n) is 33.9. The molecule has 0 aromatic heterocycles. The molecular weight excluding hydrogens is 779 g/mol. The van der Waals surface area contributed by atoms with Gasteiger partial charge in [0.05, 0.1) is 0 Å². The Kier molecular flexibility index (Phi) is 9.55. The number of fused-ring (bicyclic) bond motifs is 4. The van der Waals surface area contributed by atoms with E-state index < -0.39 is 8.80 Å². The Morgan fingerprint density at radius 1 is 0.204 bits per heavy atom. The summed E-state index contributed by atoms with van der Waals surface area (Å²) in [7, 11) is -1.12. The quantitative estimate of drug-likeness (QED) is 0.120. The fraction of sp³-hybridized carbons (Fsp3) is 0.404. The van der Waals surface area contributed by atoms with E-state index in [-0.39, 0.29) is 20.4 Å². The second-order valence-corrected chi connectivity index (χ2v) is 17.9.